The van der Waals surface area contributed by atoms with Gasteiger partial charge in [0.1, 0.15) is 0 Å². The third-order valence-corrected chi connectivity index (χ3v) is 3.33. The van der Waals surface area contributed by atoms with Crippen LogP contribution in [0.15, 0.2) is 0 Å². The lowest BCUT2D eigenvalue weighted by atomic mass is 9.71. The van der Waals surface area contributed by atoms with E-state index in [4.69, 9.17) is 0 Å². The zero-order valence-electron chi connectivity index (χ0n) is 7.32. The molecule has 2 aliphatic rings. The predicted molar refractivity (Wildman–Crippen MR) is 46.6 cm³/mol. The zero-order valence-corrected chi connectivity index (χ0v) is 7.32. The largest absolute Gasteiger partial charge is 0.314 e. The molecule has 2 heteroatoms. The summed E-state index contributed by atoms with van der Waals surface area (Å²) >= 11 is 0. The SMILES string of the molecule is CC1(C2CCC2)CNCCN1. The highest BCUT2D eigenvalue weighted by Gasteiger charge is 2.38. The van der Waals surface area contributed by atoms with Crippen molar-refractivity contribution in [2.45, 2.75) is 31.7 Å². The third kappa shape index (κ3) is 1.30. The van der Waals surface area contributed by atoms with Crippen LogP contribution in [0, 0.1) is 5.92 Å². The number of piperazine rings is 1. The minimum Gasteiger partial charge on any atom is -0.314 e. The van der Waals surface area contributed by atoms with Crippen molar-refractivity contribution in [2.75, 3.05) is 19.6 Å². The molecule has 0 amide bonds. The Morgan fingerprint density at radius 2 is 2.09 bits per heavy atom. The molecule has 0 aromatic rings. The van der Waals surface area contributed by atoms with Crippen molar-refractivity contribution >= 4 is 0 Å². The summed E-state index contributed by atoms with van der Waals surface area (Å²) in [5, 5.41) is 7.10. The van der Waals surface area contributed by atoms with Crippen molar-refractivity contribution in [3.8, 4) is 0 Å². The van der Waals surface area contributed by atoms with Crippen LogP contribution in [0.1, 0.15) is 26.2 Å². The summed E-state index contributed by atoms with van der Waals surface area (Å²) in [6.07, 6.45) is 4.32. The first kappa shape index (κ1) is 7.56. The van der Waals surface area contributed by atoms with E-state index >= 15 is 0 Å². The lowest BCUT2D eigenvalue weighted by Gasteiger charge is -2.46. The molecule has 2 rings (SSSR count). The number of hydrogen-bond donors (Lipinski definition) is 2. The average Bonchev–Trinajstić information content (AvgIpc) is 1.83. The van der Waals surface area contributed by atoms with E-state index in [9.17, 15) is 0 Å². The second kappa shape index (κ2) is 2.76. The molecule has 2 fully saturated rings. The first-order valence-corrected chi connectivity index (χ1v) is 4.77. The van der Waals surface area contributed by atoms with E-state index < -0.39 is 0 Å². The van der Waals surface area contributed by atoms with Crippen LogP contribution in [0.5, 0.6) is 0 Å². The van der Waals surface area contributed by atoms with E-state index in [0.717, 1.165) is 25.6 Å². The molecule has 0 spiro atoms. The van der Waals surface area contributed by atoms with Gasteiger partial charge in [-0.25, -0.2) is 0 Å². The highest BCUT2D eigenvalue weighted by atomic mass is 15.1. The van der Waals surface area contributed by atoms with Crippen LogP contribution in [-0.2, 0) is 0 Å². The standard InChI is InChI=1S/C9H18N2/c1-9(8-3-2-4-8)7-10-5-6-11-9/h8,10-11H,2-7H2,1H3. The molecule has 11 heavy (non-hydrogen) atoms. The number of nitrogens with one attached hydrogen (secondary N) is 2. The summed E-state index contributed by atoms with van der Waals surface area (Å²) in [7, 11) is 0. The molecule has 0 bridgehead atoms. The van der Waals surface area contributed by atoms with Crippen molar-refractivity contribution in [2.24, 2.45) is 5.92 Å². The van der Waals surface area contributed by atoms with E-state index in [1.54, 1.807) is 0 Å². The molecular formula is C9H18N2. The fraction of sp³-hybridized carbons (Fsp3) is 1.00. The second-order valence-corrected chi connectivity index (χ2v) is 4.15. The molecule has 2 nitrogen and oxygen atoms in total. The highest BCUT2D eigenvalue weighted by molar-refractivity contribution is 4.98. The molecule has 1 aliphatic heterocycles. The van der Waals surface area contributed by atoms with Crippen molar-refractivity contribution in [1.29, 1.82) is 0 Å². The van der Waals surface area contributed by atoms with Gasteiger partial charge < -0.3 is 10.6 Å². The molecule has 64 valence electrons. The Hall–Kier alpha value is -0.0800. The zero-order chi connectivity index (χ0) is 7.73. The topological polar surface area (TPSA) is 24.1 Å². The molecule has 0 radical (unpaired) electrons. The Bertz CT molecular complexity index is 134. The molecule has 1 atom stereocenters. The summed E-state index contributed by atoms with van der Waals surface area (Å²) in [6, 6.07) is 0. The molecule has 0 aromatic carbocycles. The molecule has 1 heterocycles. The van der Waals surface area contributed by atoms with Gasteiger partial charge in [-0.1, -0.05) is 6.42 Å². The van der Waals surface area contributed by atoms with E-state index in [2.05, 4.69) is 17.6 Å². The Labute approximate surface area is 68.7 Å². The first-order valence-electron chi connectivity index (χ1n) is 4.77. The summed E-state index contributed by atoms with van der Waals surface area (Å²) in [6.45, 7) is 5.82. The van der Waals surface area contributed by atoms with Crippen LogP contribution in [0.3, 0.4) is 0 Å². The van der Waals surface area contributed by atoms with Crippen LogP contribution in [-0.4, -0.2) is 25.2 Å². The fourth-order valence-corrected chi connectivity index (χ4v) is 2.18. The molecule has 1 unspecified atom stereocenters. The molecule has 1 saturated heterocycles. The van der Waals surface area contributed by atoms with Gasteiger partial charge in [-0.15, -0.1) is 0 Å². The van der Waals surface area contributed by atoms with Crippen molar-refractivity contribution in [1.82, 2.24) is 10.6 Å². The molecule has 1 aliphatic carbocycles. The van der Waals surface area contributed by atoms with E-state index in [0.29, 0.717) is 5.54 Å². The highest BCUT2D eigenvalue weighted by Crippen LogP contribution is 2.36. The smallest absolute Gasteiger partial charge is 0.0306 e. The Morgan fingerprint density at radius 3 is 2.55 bits per heavy atom. The second-order valence-electron chi connectivity index (χ2n) is 4.15. The maximum Gasteiger partial charge on any atom is 0.0306 e. The maximum absolute atomic E-state index is 3.63. The number of hydrogen-bond acceptors (Lipinski definition) is 2. The van der Waals surface area contributed by atoms with Crippen LogP contribution in [0.25, 0.3) is 0 Å². The minimum atomic E-state index is 0.413. The third-order valence-electron chi connectivity index (χ3n) is 3.33. The quantitative estimate of drug-likeness (QED) is 0.582. The Morgan fingerprint density at radius 1 is 1.27 bits per heavy atom. The summed E-state index contributed by atoms with van der Waals surface area (Å²) < 4.78 is 0. The lowest BCUT2D eigenvalue weighted by molar-refractivity contribution is 0.125. The predicted octanol–water partition coefficient (Wildman–Crippen LogP) is 0.738. The van der Waals surface area contributed by atoms with Crippen LogP contribution >= 0.6 is 0 Å². The monoisotopic (exact) mass is 154 g/mol. The van der Waals surface area contributed by atoms with E-state index in [-0.39, 0.29) is 0 Å². The van der Waals surface area contributed by atoms with Crippen LogP contribution in [0.2, 0.25) is 0 Å². The van der Waals surface area contributed by atoms with Crippen molar-refractivity contribution in [3.63, 3.8) is 0 Å². The van der Waals surface area contributed by atoms with Gasteiger partial charge in [0.25, 0.3) is 0 Å². The lowest BCUT2D eigenvalue weighted by Crippen LogP contribution is -2.62. The normalized spacial score (nSPS) is 40.1. The first-order chi connectivity index (χ1) is 5.31. The fourth-order valence-electron chi connectivity index (χ4n) is 2.18. The molecule has 0 aromatic heterocycles. The van der Waals surface area contributed by atoms with E-state index in [1.165, 1.54) is 19.3 Å². The minimum absolute atomic E-state index is 0.413. The van der Waals surface area contributed by atoms with Gasteiger partial charge in [0, 0.05) is 25.2 Å². The van der Waals surface area contributed by atoms with Crippen molar-refractivity contribution in [3.05, 3.63) is 0 Å². The summed E-state index contributed by atoms with van der Waals surface area (Å²) in [4.78, 5) is 0. The van der Waals surface area contributed by atoms with E-state index in [1.807, 2.05) is 0 Å². The maximum atomic E-state index is 3.63. The van der Waals surface area contributed by atoms with Gasteiger partial charge in [-0.2, -0.15) is 0 Å². The van der Waals surface area contributed by atoms with Crippen LogP contribution < -0.4 is 10.6 Å². The van der Waals surface area contributed by atoms with Crippen molar-refractivity contribution < 1.29 is 0 Å². The Balaban J connectivity index is 1.94. The summed E-state index contributed by atoms with van der Waals surface area (Å²) in [5.41, 5.74) is 0.413. The molecule has 1 saturated carbocycles. The molecular weight excluding hydrogens is 136 g/mol. The van der Waals surface area contributed by atoms with Gasteiger partial charge in [0.2, 0.25) is 0 Å². The summed E-state index contributed by atoms with van der Waals surface area (Å²) in [5.74, 6) is 0.940. The molecule has 2 N–H and O–H groups in total. The average molecular weight is 154 g/mol. The van der Waals surface area contributed by atoms with Gasteiger partial charge in [-0.3, -0.25) is 0 Å². The van der Waals surface area contributed by atoms with Crippen LogP contribution in [0.4, 0.5) is 0 Å². The Kier molecular flexibility index (Phi) is 1.90. The van der Waals surface area contributed by atoms with Gasteiger partial charge in [0.15, 0.2) is 0 Å². The van der Waals surface area contributed by atoms with Gasteiger partial charge >= 0.3 is 0 Å². The number of rotatable bonds is 1. The van der Waals surface area contributed by atoms with Gasteiger partial charge in [0.05, 0.1) is 0 Å². The van der Waals surface area contributed by atoms with Gasteiger partial charge in [-0.05, 0) is 25.7 Å².